The molecule has 112 valence electrons. The van der Waals surface area contributed by atoms with E-state index in [1.165, 1.54) is 0 Å². The molecule has 3 atom stereocenters. The Balaban J connectivity index is 2.02. The third kappa shape index (κ3) is 3.27. The lowest BCUT2D eigenvalue weighted by Crippen LogP contribution is -2.33. The van der Waals surface area contributed by atoms with Crippen molar-refractivity contribution in [2.45, 2.75) is 52.7 Å². The van der Waals surface area contributed by atoms with E-state index >= 15 is 0 Å². The molecule has 1 saturated heterocycles. The molecular formula is C15H25N3O2. The molecule has 0 aliphatic carbocycles. The highest BCUT2D eigenvalue weighted by Crippen LogP contribution is 2.23. The Morgan fingerprint density at radius 2 is 2.25 bits per heavy atom. The number of rotatable bonds is 5. The van der Waals surface area contributed by atoms with Crippen molar-refractivity contribution < 1.29 is 4.74 Å². The third-order valence-electron chi connectivity index (χ3n) is 4.13. The second-order valence-corrected chi connectivity index (χ2v) is 5.65. The van der Waals surface area contributed by atoms with Gasteiger partial charge in [-0.2, -0.15) is 0 Å². The van der Waals surface area contributed by atoms with E-state index in [4.69, 9.17) is 4.74 Å². The maximum Gasteiger partial charge on any atom is 0.255 e. The molecule has 1 aromatic rings. The third-order valence-corrected chi connectivity index (χ3v) is 4.13. The molecule has 0 spiro atoms. The van der Waals surface area contributed by atoms with Gasteiger partial charge in [0.1, 0.15) is 5.82 Å². The van der Waals surface area contributed by atoms with Crippen LogP contribution >= 0.6 is 0 Å². The first-order valence-electron chi connectivity index (χ1n) is 7.45. The van der Waals surface area contributed by atoms with Crippen molar-refractivity contribution in [2.75, 3.05) is 13.2 Å². The van der Waals surface area contributed by atoms with Crippen molar-refractivity contribution in [2.24, 2.45) is 5.92 Å². The van der Waals surface area contributed by atoms with Crippen molar-refractivity contribution in [1.29, 1.82) is 0 Å². The van der Waals surface area contributed by atoms with E-state index in [0.717, 1.165) is 37.3 Å². The Morgan fingerprint density at radius 1 is 1.50 bits per heavy atom. The Kier molecular flexibility index (Phi) is 4.94. The van der Waals surface area contributed by atoms with Gasteiger partial charge < -0.3 is 15.0 Å². The smallest absolute Gasteiger partial charge is 0.255 e. The molecule has 0 saturated carbocycles. The Hall–Kier alpha value is -1.20. The second-order valence-electron chi connectivity index (χ2n) is 5.65. The van der Waals surface area contributed by atoms with Crippen LogP contribution in [0.15, 0.2) is 4.79 Å². The number of nitrogens with zero attached hydrogens (tertiary/aromatic N) is 1. The quantitative estimate of drug-likeness (QED) is 0.863. The standard InChI is InChI=1S/C15H25N3O2/c1-5-13-12(6-7-20-13)8-16-9(2)14-10(3)17-11(4)18-15(14)19/h9,12-13,16H,5-8H2,1-4H3,(H,17,18,19). The van der Waals surface area contributed by atoms with Gasteiger partial charge in [-0.15, -0.1) is 0 Å². The van der Waals surface area contributed by atoms with Crippen molar-refractivity contribution in [3.05, 3.63) is 27.4 Å². The van der Waals surface area contributed by atoms with Gasteiger partial charge in [-0.05, 0) is 39.5 Å². The van der Waals surface area contributed by atoms with Crippen molar-refractivity contribution in [1.82, 2.24) is 15.3 Å². The number of aromatic nitrogens is 2. The minimum atomic E-state index is -0.0373. The monoisotopic (exact) mass is 279 g/mol. The second kappa shape index (κ2) is 6.50. The van der Waals surface area contributed by atoms with Gasteiger partial charge in [-0.3, -0.25) is 4.79 Å². The molecule has 2 N–H and O–H groups in total. The summed E-state index contributed by atoms with van der Waals surface area (Å²) in [6.45, 7) is 9.61. The highest BCUT2D eigenvalue weighted by atomic mass is 16.5. The summed E-state index contributed by atoms with van der Waals surface area (Å²) < 4.78 is 5.70. The van der Waals surface area contributed by atoms with Crippen LogP contribution in [-0.2, 0) is 4.74 Å². The molecule has 5 nitrogen and oxygen atoms in total. The fourth-order valence-corrected chi connectivity index (χ4v) is 3.05. The van der Waals surface area contributed by atoms with Gasteiger partial charge in [0.05, 0.1) is 11.7 Å². The highest BCUT2D eigenvalue weighted by Gasteiger charge is 2.27. The first kappa shape index (κ1) is 15.2. The van der Waals surface area contributed by atoms with E-state index in [2.05, 4.69) is 22.2 Å². The number of ether oxygens (including phenoxy) is 1. The summed E-state index contributed by atoms with van der Waals surface area (Å²) in [4.78, 5) is 19.2. The average Bonchev–Trinajstić information content (AvgIpc) is 2.82. The van der Waals surface area contributed by atoms with Gasteiger partial charge >= 0.3 is 0 Å². The molecule has 0 bridgehead atoms. The first-order chi connectivity index (χ1) is 9.52. The fraction of sp³-hybridized carbons (Fsp3) is 0.733. The predicted octanol–water partition coefficient (Wildman–Crippen LogP) is 1.85. The molecule has 5 heteroatoms. The molecule has 1 aliphatic rings. The molecule has 1 aromatic heterocycles. The molecule has 20 heavy (non-hydrogen) atoms. The van der Waals surface area contributed by atoms with Crippen molar-refractivity contribution >= 4 is 0 Å². The van der Waals surface area contributed by atoms with Crippen LogP contribution in [0.2, 0.25) is 0 Å². The summed E-state index contributed by atoms with van der Waals surface area (Å²) in [5.41, 5.74) is 1.51. The van der Waals surface area contributed by atoms with Gasteiger partial charge in [0.25, 0.3) is 5.56 Å². The number of hydrogen-bond donors (Lipinski definition) is 2. The molecule has 0 radical (unpaired) electrons. The van der Waals surface area contributed by atoms with E-state index in [-0.39, 0.29) is 11.6 Å². The Morgan fingerprint density at radius 3 is 2.90 bits per heavy atom. The SMILES string of the molecule is CCC1OCCC1CNC(C)c1c(C)nc(C)[nH]c1=O. The molecule has 1 aliphatic heterocycles. The summed E-state index contributed by atoms with van der Waals surface area (Å²) in [5.74, 6) is 1.21. The Bertz CT molecular complexity index is 512. The van der Waals surface area contributed by atoms with Crippen LogP contribution in [0.1, 0.15) is 49.8 Å². The molecule has 3 unspecified atom stereocenters. The van der Waals surface area contributed by atoms with Crippen LogP contribution in [0, 0.1) is 19.8 Å². The number of aryl methyl sites for hydroxylation is 2. The van der Waals surface area contributed by atoms with E-state index in [0.29, 0.717) is 17.8 Å². The van der Waals surface area contributed by atoms with Crippen LogP contribution in [0.3, 0.4) is 0 Å². The van der Waals surface area contributed by atoms with Crippen LogP contribution in [0.4, 0.5) is 0 Å². The van der Waals surface area contributed by atoms with Crippen LogP contribution < -0.4 is 10.9 Å². The lowest BCUT2D eigenvalue weighted by Gasteiger charge is -2.21. The largest absolute Gasteiger partial charge is 0.378 e. The predicted molar refractivity (Wildman–Crippen MR) is 78.9 cm³/mol. The van der Waals surface area contributed by atoms with Crippen molar-refractivity contribution in [3.63, 3.8) is 0 Å². The molecule has 1 fully saturated rings. The van der Waals surface area contributed by atoms with Gasteiger partial charge in [0.2, 0.25) is 0 Å². The van der Waals surface area contributed by atoms with Gasteiger partial charge in [0, 0.05) is 24.9 Å². The first-order valence-corrected chi connectivity index (χ1v) is 7.45. The summed E-state index contributed by atoms with van der Waals surface area (Å²) >= 11 is 0. The average molecular weight is 279 g/mol. The normalized spacial score (nSPS) is 24.0. The number of H-pyrrole nitrogens is 1. The van der Waals surface area contributed by atoms with E-state index in [9.17, 15) is 4.79 Å². The minimum Gasteiger partial charge on any atom is -0.378 e. The molecule has 2 heterocycles. The van der Waals surface area contributed by atoms with E-state index < -0.39 is 0 Å². The topological polar surface area (TPSA) is 67.0 Å². The summed E-state index contributed by atoms with van der Waals surface area (Å²) in [6.07, 6.45) is 2.50. The van der Waals surface area contributed by atoms with Crippen LogP contribution in [0.5, 0.6) is 0 Å². The zero-order chi connectivity index (χ0) is 14.7. The maximum atomic E-state index is 12.1. The molecule has 0 amide bonds. The minimum absolute atomic E-state index is 0.00459. The number of nitrogens with one attached hydrogen (secondary N) is 2. The van der Waals surface area contributed by atoms with Gasteiger partial charge in [0.15, 0.2) is 0 Å². The lowest BCUT2D eigenvalue weighted by atomic mass is 9.98. The summed E-state index contributed by atoms with van der Waals surface area (Å²) in [5, 5.41) is 3.47. The van der Waals surface area contributed by atoms with E-state index in [1.807, 2.05) is 13.8 Å². The summed E-state index contributed by atoms with van der Waals surface area (Å²) in [7, 11) is 0. The number of hydrogen-bond acceptors (Lipinski definition) is 4. The Labute approximate surface area is 120 Å². The zero-order valence-corrected chi connectivity index (χ0v) is 12.8. The van der Waals surface area contributed by atoms with Crippen molar-refractivity contribution in [3.8, 4) is 0 Å². The van der Waals surface area contributed by atoms with Crippen LogP contribution in [-0.4, -0.2) is 29.2 Å². The molecule has 0 aromatic carbocycles. The van der Waals surface area contributed by atoms with E-state index in [1.54, 1.807) is 6.92 Å². The fourth-order valence-electron chi connectivity index (χ4n) is 3.05. The summed E-state index contributed by atoms with van der Waals surface area (Å²) in [6, 6.07) is 0.00459. The maximum absolute atomic E-state index is 12.1. The van der Waals surface area contributed by atoms with Gasteiger partial charge in [-0.1, -0.05) is 6.92 Å². The zero-order valence-electron chi connectivity index (χ0n) is 12.8. The molecular weight excluding hydrogens is 254 g/mol. The number of aromatic amines is 1. The van der Waals surface area contributed by atoms with Crippen LogP contribution in [0.25, 0.3) is 0 Å². The van der Waals surface area contributed by atoms with Gasteiger partial charge in [-0.25, -0.2) is 4.98 Å². The molecule has 2 rings (SSSR count). The highest BCUT2D eigenvalue weighted by molar-refractivity contribution is 5.20. The lowest BCUT2D eigenvalue weighted by molar-refractivity contribution is 0.0867.